The molecule has 0 unspecified atom stereocenters. The third-order valence-corrected chi connectivity index (χ3v) is 23.8. The number of nitrogens with one attached hydrogen (secondary N) is 4. The van der Waals surface area contributed by atoms with E-state index in [1.54, 1.807) is 87.9 Å². The monoisotopic (exact) mass is 1480 g/mol. The first kappa shape index (κ1) is 70.3. The highest BCUT2D eigenvalue weighted by Crippen LogP contribution is 2.44. The van der Waals surface area contributed by atoms with E-state index >= 15 is 4.79 Å². The summed E-state index contributed by atoms with van der Waals surface area (Å²) in [5.41, 5.74) is 8.82. The third-order valence-electron chi connectivity index (χ3n) is 18.2. The number of hydrogen-bond acceptors (Lipinski definition) is 26. The van der Waals surface area contributed by atoms with E-state index in [1.165, 1.54) is 51.5 Å². The number of aromatic hydroxyl groups is 1. The van der Waals surface area contributed by atoms with Gasteiger partial charge in [0.1, 0.15) is 82.8 Å². The Morgan fingerprint density at radius 1 is 0.723 bits per heavy atom. The molecule has 0 spiro atoms. The van der Waals surface area contributed by atoms with Crippen LogP contribution in [0.3, 0.4) is 0 Å². The molecule has 33 heteroatoms. The molecule has 6 amide bonds. The SMILES string of the molecule is Cc1sc2nc1C(=O)C[C@@H]([C@H](O)c1ccccc1)c1nc(cs1)C(=O)N[C@@H](Cc1ccc(O)cc1)C(=O)N1C[C@H](OC(=O)NCCN3CCOCC3)[C@H](C)[C@H]1c1nc(cs1)-c1nc(cs1)-c1nc(-c3nc(C(=O)NC4CCC(C(=O)O)CC4)cs3)ccc1-c1nc(cs1)C(=O)N[C@H]2CC(N)=O. The van der Waals surface area contributed by atoms with Crippen molar-refractivity contribution in [3.63, 3.8) is 0 Å². The number of carboxylic acid groups (broad SMARTS) is 1. The summed E-state index contributed by atoms with van der Waals surface area (Å²) in [5, 5.41) is 54.1. The Kier molecular flexibility index (Phi) is 21.5. The minimum absolute atomic E-state index is 0.00653. The molecule has 10 bridgehead atoms. The number of aliphatic hydroxyl groups excluding tert-OH is 1. The average Bonchev–Trinajstić information content (AvgIpc) is 1.64. The minimum Gasteiger partial charge on any atom is -0.508 e. The minimum atomic E-state index is -1.33. The first-order chi connectivity index (χ1) is 48.8. The first-order valence-electron chi connectivity index (χ1n) is 32.6. The molecule has 101 heavy (non-hydrogen) atoms. The lowest BCUT2D eigenvalue weighted by molar-refractivity contribution is -0.143. The van der Waals surface area contributed by atoms with Crippen molar-refractivity contribution >= 4 is 115 Å². The van der Waals surface area contributed by atoms with Crippen molar-refractivity contribution < 1.29 is 63.1 Å². The number of alkyl carbamates (subject to hydrolysis) is 1. The van der Waals surface area contributed by atoms with Crippen LogP contribution in [0.15, 0.2) is 93.6 Å². The van der Waals surface area contributed by atoms with E-state index in [1.807, 2.05) is 6.92 Å². The van der Waals surface area contributed by atoms with E-state index in [0.717, 1.165) is 34.0 Å². The van der Waals surface area contributed by atoms with Crippen molar-refractivity contribution in [2.24, 2.45) is 17.6 Å². The number of carbonyl (C=O) groups is 8. The standard InChI is InChI=1S/C68H68N14O13S6/c1-33-51(95-68(93)70-18-19-81-20-22-94-23-21-81)27-82-55(33)65-79-49(32-100-65)63-75-45(28-98-63)54-40(16-17-42(72-54)62-78-46(31-99-62)57(87)71-38-12-10-37(11-13-38)67(91)92)60-76-47(29-96-60)58(88)73-43(26-52(69)85)64-80-53(34(2)101-64)50(84)25-41(56(86)36-6-4-3-5-7-36)61-77-48(30-97-61)59(89)74-44(66(82)90)24-35-8-14-39(83)15-9-35/h3-9,14-17,28-33,37-38,41,43-44,51,55-56,83,86H,10-13,18-27H2,1-2H3,(H2,69,85)(H,70,93)(H,71,87)(H,73,88)(H,74,89)(H,91,92)/t33-,37?,38?,41-,43-,44-,51-,55-,56+/m0/s1. The van der Waals surface area contributed by atoms with Crippen LogP contribution in [0, 0.1) is 18.8 Å². The number of morpholine rings is 1. The van der Waals surface area contributed by atoms with Gasteiger partial charge in [-0.05, 0) is 68.0 Å². The lowest BCUT2D eigenvalue weighted by atomic mass is 9.86. The molecule has 27 nitrogen and oxygen atoms in total. The highest BCUT2D eigenvalue weighted by molar-refractivity contribution is 7.15. The highest BCUT2D eigenvalue weighted by Gasteiger charge is 2.48. The number of aliphatic carboxylic acids is 1. The number of ketones is 1. The number of primary amides is 1. The number of phenolic OH excluding ortho intramolecular Hbond substituents is 1. The summed E-state index contributed by atoms with van der Waals surface area (Å²) < 4.78 is 11.7. The fraction of sp³-hybridized carbons (Fsp3) is 0.368. The molecule has 0 radical (unpaired) electrons. The predicted octanol–water partition coefficient (Wildman–Crippen LogP) is 8.61. The summed E-state index contributed by atoms with van der Waals surface area (Å²) in [6, 6.07) is 14.8. The number of hydrogen-bond donors (Lipinski definition) is 8. The molecule has 1 aliphatic carbocycles. The van der Waals surface area contributed by atoms with E-state index in [-0.39, 0.29) is 64.0 Å². The van der Waals surface area contributed by atoms with Crippen LogP contribution in [0.2, 0.25) is 0 Å². The van der Waals surface area contributed by atoms with Crippen LogP contribution in [0.1, 0.15) is 143 Å². The number of aliphatic hydroxyl groups is 1. The number of benzene rings is 2. The number of Topliss-reactive ketones (excluding diaryl/α,β-unsaturated/α-hetero) is 1. The van der Waals surface area contributed by atoms with Crippen molar-refractivity contribution in [2.75, 3.05) is 45.9 Å². The van der Waals surface area contributed by atoms with Gasteiger partial charge in [0.2, 0.25) is 11.8 Å². The van der Waals surface area contributed by atoms with Crippen LogP contribution in [-0.4, -0.2) is 172 Å². The van der Waals surface area contributed by atoms with E-state index < -0.39 is 102 Å². The molecule has 4 aliphatic rings. The number of amides is 6. The molecule has 2 saturated heterocycles. The van der Waals surface area contributed by atoms with Gasteiger partial charge >= 0.3 is 12.1 Å². The zero-order valence-electron chi connectivity index (χ0n) is 54.3. The molecular weight excluding hydrogens is 1410 g/mol. The summed E-state index contributed by atoms with van der Waals surface area (Å²) in [6.45, 7) is 6.88. The largest absolute Gasteiger partial charge is 0.508 e. The molecule has 9 aromatic rings. The van der Waals surface area contributed by atoms with Gasteiger partial charge in [0.15, 0.2) is 5.78 Å². The maximum atomic E-state index is 15.8. The van der Waals surface area contributed by atoms with Gasteiger partial charge in [-0.2, -0.15) is 0 Å². The summed E-state index contributed by atoms with van der Waals surface area (Å²) >= 11 is 6.96. The Bertz CT molecular complexity index is 4560. The second kappa shape index (κ2) is 31.0. The van der Waals surface area contributed by atoms with Gasteiger partial charge in [-0.1, -0.05) is 49.4 Å². The Morgan fingerprint density at radius 3 is 2.14 bits per heavy atom. The van der Waals surface area contributed by atoms with Gasteiger partial charge in [0.25, 0.3) is 17.7 Å². The molecule has 10 heterocycles. The number of thiazole rings is 6. The van der Waals surface area contributed by atoms with Gasteiger partial charge in [-0.3, -0.25) is 38.5 Å². The molecule has 1 saturated carbocycles. The number of aromatic nitrogens is 7. The fourth-order valence-corrected chi connectivity index (χ4v) is 18.1. The molecule has 7 aromatic heterocycles. The Morgan fingerprint density at radius 2 is 1.39 bits per heavy atom. The number of pyridine rings is 1. The lowest BCUT2D eigenvalue weighted by Crippen LogP contribution is -2.50. The summed E-state index contributed by atoms with van der Waals surface area (Å²) in [4.78, 5) is 150. The first-order valence-corrected chi connectivity index (χ1v) is 37.8. The van der Waals surface area contributed by atoms with Crippen LogP contribution in [-0.2, 0) is 30.3 Å². The number of carboxylic acids is 1. The number of phenols is 1. The third kappa shape index (κ3) is 16.1. The second-order valence-electron chi connectivity index (χ2n) is 25.0. The number of rotatable bonds is 14. The van der Waals surface area contributed by atoms with Gasteiger partial charge in [0, 0.05) is 94.2 Å². The fourth-order valence-electron chi connectivity index (χ4n) is 12.8. The Hall–Kier alpha value is -9.19. The molecule has 7 atom stereocenters. The summed E-state index contributed by atoms with van der Waals surface area (Å²) in [6.07, 6.45) is -1.81. The van der Waals surface area contributed by atoms with Gasteiger partial charge in [-0.25, -0.2) is 39.7 Å². The van der Waals surface area contributed by atoms with Crippen molar-refractivity contribution in [1.29, 1.82) is 0 Å². The van der Waals surface area contributed by atoms with E-state index in [9.17, 15) is 48.9 Å². The van der Waals surface area contributed by atoms with Crippen molar-refractivity contribution in [2.45, 2.75) is 101 Å². The molecule has 9 N–H and O–H groups in total. The van der Waals surface area contributed by atoms with Crippen molar-refractivity contribution in [3.05, 3.63) is 147 Å². The number of nitrogens with zero attached hydrogens (tertiary/aromatic N) is 9. The number of ether oxygens (including phenoxy) is 2. The number of fused-ring (bicyclic) bond motifs is 16. The number of aryl methyl sites for hydroxylation is 1. The topological polar surface area (TPSA) is 387 Å². The quantitative estimate of drug-likeness (QED) is 0.0505. The number of carbonyl (C=O) groups excluding carboxylic acids is 7. The van der Waals surface area contributed by atoms with Crippen LogP contribution in [0.4, 0.5) is 4.79 Å². The molecule has 2 aromatic carbocycles. The normalized spacial score (nSPS) is 21.8. The maximum absolute atomic E-state index is 15.8. The smallest absolute Gasteiger partial charge is 0.407 e. The summed E-state index contributed by atoms with van der Waals surface area (Å²) in [5.74, 6) is -6.65. The number of nitrogens with two attached hydrogens (primary N) is 1. The zero-order chi connectivity index (χ0) is 70.6. The highest BCUT2D eigenvalue weighted by atomic mass is 32.1. The molecule has 3 aliphatic heterocycles. The predicted molar refractivity (Wildman–Crippen MR) is 378 cm³/mol. The van der Waals surface area contributed by atoms with E-state index in [4.69, 9.17) is 50.1 Å². The van der Waals surface area contributed by atoms with E-state index in [2.05, 4.69) is 26.2 Å². The van der Waals surface area contributed by atoms with Crippen LogP contribution in [0.5, 0.6) is 5.75 Å². The van der Waals surface area contributed by atoms with E-state index in [0.29, 0.717) is 129 Å². The van der Waals surface area contributed by atoms with Crippen molar-refractivity contribution in [1.82, 2.24) is 66.0 Å². The van der Waals surface area contributed by atoms with Crippen LogP contribution < -0.4 is 27.0 Å². The van der Waals surface area contributed by atoms with Crippen molar-refractivity contribution in [3.8, 4) is 49.1 Å². The van der Waals surface area contributed by atoms with Crippen LogP contribution >= 0.6 is 68.0 Å². The molecular formula is C68H68N14O13S6. The summed E-state index contributed by atoms with van der Waals surface area (Å²) in [7, 11) is 0. The molecule has 13 rings (SSSR count). The zero-order valence-corrected chi connectivity index (χ0v) is 59.2. The van der Waals surface area contributed by atoms with Gasteiger partial charge in [-0.15, -0.1) is 68.0 Å². The Labute approximate surface area is 601 Å². The second-order valence-corrected chi connectivity index (χ2v) is 30.6. The molecule has 524 valence electrons. The van der Waals surface area contributed by atoms with Crippen LogP contribution in [0.25, 0.3) is 43.4 Å². The Balaban J connectivity index is 0.886. The molecule has 3 fully saturated rings. The van der Waals surface area contributed by atoms with Gasteiger partial charge < -0.3 is 56.7 Å². The van der Waals surface area contributed by atoms with Gasteiger partial charge in [0.05, 0.1) is 61.0 Å². The average molecular weight is 1480 g/mol. The lowest BCUT2D eigenvalue weighted by Gasteiger charge is -2.29. The maximum Gasteiger partial charge on any atom is 0.407 e.